The first-order valence-electron chi connectivity index (χ1n) is 8.49. The lowest BCUT2D eigenvalue weighted by Gasteiger charge is -2.47. The van der Waals surface area contributed by atoms with E-state index in [2.05, 4.69) is 70.9 Å². The second kappa shape index (κ2) is 6.23. The monoisotopic (exact) mass is 292 g/mol. The van der Waals surface area contributed by atoms with Gasteiger partial charge >= 0.3 is 0 Å². The number of nitrogens with one attached hydrogen (secondary N) is 1. The minimum absolute atomic E-state index is 0.487. The molecule has 0 amide bonds. The first kappa shape index (κ1) is 14.0. The summed E-state index contributed by atoms with van der Waals surface area (Å²) in [6.07, 6.45) is 2.59. The average molecular weight is 292 g/mol. The van der Waals surface area contributed by atoms with Gasteiger partial charge in [0.2, 0.25) is 0 Å². The van der Waals surface area contributed by atoms with E-state index in [0.29, 0.717) is 18.0 Å². The van der Waals surface area contributed by atoms with Crippen LogP contribution in [-0.4, -0.2) is 36.6 Å². The molecule has 1 unspecified atom stereocenters. The van der Waals surface area contributed by atoms with E-state index in [1.165, 1.54) is 37.1 Å². The van der Waals surface area contributed by atoms with Crippen LogP contribution in [0.25, 0.3) is 0 Å². The van der Waals surface area contributed by atoms with Crippen LogP contribution in [-0.2, 0) is 0 Å². The van der Waals surface area contributed by atoms with Gasteiger partial charge in [0.15, 0.2) is 0 Å². The summed E-state index contributed by atoms with van der Waals surface area (Å²) in [6.45, 7) is 3.52. The van der Waals surface area contributed by atoms with Crippen LogP contribution in [0.1, 0.15) is 29.9 Å². The number of piperazine rings is 1. The Morgan fingerprint density at radius 1 is 0.864 bits per heavy atom. The van der Waals surface area contributed by atoms with Gasteiger partial charge in [-0.1, -0.05) is 60.7 Å². The summed E-state index contributed by atoms with van der Waals surface area (Å²) < 4.78 is 0. The maximum absolute atomic E-state index is 3.65. The summed E-state index contributed by atoms with van der Waals surface area (Å²) in [5, 5.41) is 3.65. The van der Waals surface area contributed by atoms with Gasteiger partial charge in [0.05, 0.1) is 0 Å². The van der Waals surface area contributed by atoms with Crippen molar-refractivity contribution in [2.75, 3.05) is 19.6 Å². The lowest BCUT2D eigenvalue weighted by molar-refractivity contribution is 0.0810. The quantitative estimate of drug-likeness (QED) is 0.934. The van der Waals surface area contributed by atoms with E-state index in [1.807, 2.05) is 0 Å². The standard InChI is InChI=1S/C20H24N2/c1-3-7-16(8-4-1)20(17-9-5-2-6-10-17)19-12-11-18-15-22(19)14-13-21-18/h1-10,18-21H,11-15H2/t18-,19?/m1/s1. The molecule has 0 saturated carbocycles. The molecule has 2 aromatic carbocycles. The summed E-state index contributed by atoms with van der Waals surface area (Å²) in [5.41, 5.74) is 2.91. The SMILES string of the molecule is c1ccc(C(c2ccccc2)C2CC[C@@H]3C[N@@]2CCN3)cc1. The van der Waals surface area contributed by atoms with Gasteiger partial charge in [0, 0.05) is 37.6 Å². The summed E-state index contributed by atoms with van der Waals surface area (Å²) in [5.74, 6) is 0.487. The molecule has 22 heavy (non-hydrogen) atoms. The van der Waals surface area contributed by atoms with Gasteiger partial charge in [-0.2, -0.15) is 0 Å². The zero-order valence-electron chi connectivity index (χ0n) is 13.0. The topological polar surface area (TPSA) is 15.3 Å². The van der Waals surface area contributed by atoms with Crippen molar-refractivity contribution in [2.24, 2.45) is 0 Å². The molecule has 2 fully saturated rings. The fraction of sp³-hybridized carbons (Fsp3) is 0.400. The van der Waals surface area contributed by atoms with E-state index >= 15 is 0 Å². The third kappa shape index (κ3) is 2.69. The second-order valence-electron chi connectivity index (χ2n) is 6.59. The molecule has 2 bridgehead atoms. The summed E-state index contributed by atoms with van der Waals surface area (Å²) in [6, 6.07) is 23.5. The van der Waals surface area contributed by atoms with Crippen LogP contribution in [0.15, 0.2) is 60.7 Å². The molecule has 1 N–H and O–H groups in total. The van der Waals surface area contributed by atoms with E-state index < -0.39 is 0 Å². The van der Waals surface area contributed by atoms with Gasteiger partial charge in [0.25, 0.3) is 0 Å². The van der Waals surface area contributed by atoms with Gasteiger partial charge in [-0.05, 0) is 24.0 Å². The van der Waals surface area contributed by atoms with E-state index in [0.717, 1.165) is 6.54 Å². The van der Waals surface area contributed by atoms with Gasteiger partial charge in [-0.15, -0.1) is 0 Å². The zero-order chi connectivity index (χ0) is 14.8. The molecular formula is C20H24N2. The van der Waals surface area contributed by atoms with Crippen LogP contribution < -0.4 is 5.32 Å². The van der Waals surface area contributed by atoms with Crippen LogP contribution in [0, 0.1) is 0 Å². The molecule has 2 saturated heterocycles. The third-order valence-corrected chi connectivity index (χ3v) is 5.27. The molecule has 3 atom stereocenters. The van der Waals surface area contributed by atoms with Gasteiger partial charge in [0.1, 0.15) is 0 Å². The van der Waals surface area contributed by atoms with Crippen molar-refractivity contribution < 1.29 is 0 Å². The fourth-order valence-electron chi connectivity index (χ4n) is 4.24. The minimum atomic E-state index is 0.487. The van der Waals surface area contributed by atoms with Gasteiger partial charge in [-0.3, -0.25) is 4.90 Å². The third-order valence-electron chi connectivity index (χ3n) is 5.27. The van der Waals surface area contributed by atoms with E-state index in [9.17, 15) is 0 Å². The molecule has 2 heteroatoms. The lowest BCUT2D eigenvalue weighted by Crippen LogP contribution is -2.59. The minimum Gasteiger partial charge on any atom is -0.311 e. The maximum atomic E-state index is 3.65. The predicted octanol–water partition coefficient (Wildman–Crippen LogP) is 3.25. The first-order valence-corrected chi connectivity index (χ1v) is 8.49. The zero-order valence-corrected chi connectivity index (χ0v) is 13.0. The molecule has 0 aliphatic carbocycles. The Labute approximate surface area is 133 Å². The first-order chi connectivity index (χ1) is 10.9. The van der Waals surface area contributed by atoms with Gasteiger partial charge < -0.3 is 5.32 Å². The highest BCUT2D eigenvalue weighted by Gasteiger charge is 2.36. The van der Waals surface area contributed by atoms with Gasteiger partial charge in [-0.25, -0.2) is 0 Å². The maximum Gasteiger partial charge on any atom is 0.0245 e. The largest absolute Gasteiger partial charge is 0.311 e. The van der Waals surface area contributed by atoms with Crippen LogP contribution >= 0.6 is 0 Å². The summed E-state index contributed by atoms with van der Waals surface area (Å²) >= 11 is 0. The number of hydrogen-bond acceptors (Lipinski definition) is 2. The Hall–Kier alpha value is -1.64. The lowest BCUT2D eigenvalue weighted by atomic mass is 9.79. The Kier molecular flexibility index (Phi) is 3.96. The molecule has 114 valence electrons. The number of nitrogens with zero attached hydrogens (tertiary/aromatic N) is 1. The van der Waals surface area contributed by atoms with E-state index in [4.69, 9.17) is 0 Å². The Morgan fingerprint density at radius 3 is 2.14 bits per heavy atom. The molecule has 2 aliphatic rings. The molecule has 0 radical (unpaired) electrons. The number of benzene rings is 2. The number of hydrogen-bond donors (Lipinski definition) is 1. The van der Waals surface area contributed by atoms with Crippen LogP contribution in [0.4, 0.5) is 0 Å². The highest BCUT2D eigenvalue weighted by molar-refractivity contribution is 5.34. The van der Waals surface area contributed by atoms with Crippen molar-refractivity contribution in [2.45, 2.75) is 30.8 Å². The molecule has 4 rings (SSSR count). The summed E-state index contributed by atoms with van der Waals surface area (Å²) in [7, 11) is 0. The molecular weight excluding hydrogens is 268 g/mol. The Balaban J connectivity index is 1.71. The van der Waals surface area contributed by atoms with Crippen LogP contribution in [0.3, 0.4) is 0 Å². The molecule has 2 nitrogen and oxygen atoms in total. The van der Waals surface area contributed by atoms with Crippen LogP contribution in [0.2, 0.25) is 0 Å². The van der Waals surface area contributed by atoms with Crippen molar-refractivity contribution >= 4 is 0 Å². The molecule has 2 heterocycles. The number of piperidine rings is 1. The average Bonchev–Trinajstić information content (AvgIpc) is 2.60. The van der Waals surface area contributed by atoms with Crippen molar-refractivity contribution in [3.8, 4) is 0 Å². The fourth-order valence-corrected chi connectivity index (χ4v) is 4.24. The normalized spacial score (nSPS) is 27.8. The number of fused-ring (bicyclic) bond motifs is 2. The van der Waals surface area contributed by atoms with Crippen molar-refractivity contribution in [3.05, 3.63) is 71.8 Å². The smallest absolute Gasteiger partial charge is 0.0245 e. The summed E-state index contributed by atoms with van der Waals surface area (Å²) in [4.78, 5) is 2.72. The number of rotatable bonds is 3. The van der Waals surface area contributed by atoms with E-state index in [-0.39, 0.29) is 0 Å². The molecule has 0 aromatic heterocycles. The second-order valence-corrected chi connectivity index (χ2v) is 6.59. The highest BCUT2D eigenvalue weighted by Crippen LogP contribution is 2.36. The molecule has 2 aliphatic heterocycles. The highest BCUT2D eigenvalue weighted by atomic mass is 15.2. The van der Waals surface area contributed by atoms with Crippen LogP contribution in [0.5, 0.6) is 0 Å². The molecule has 0 spiro atoms. The Bertz CT molecular complexity index is 556. The van der Waals surface area contributed by atoms with E-state index in [1.54, 1.807) is 0 Å². The predicted molar refractivity (Wildman–Crippen MR) is 91.1 cm³/mol. The van der Waals surface area contributed by atoms with Crippen molar-refractivity contribution in [1.82, 2.24) is 10.2 Å². The van der Waals surface area contributed by atoms with Crippen molar-refractivity contribution in [3.63, 3.8) is 0 Å². The molecule has 2 aromatic rings. The van der Waals surface area contributed by atoms with Crippen molar-refractivity contribution in [1.29, 1.82) is 0 Å². The Morgan fingerprint density at radius 2 is 1.50 bits per heavy atom.